The highest BCUT2D eigenvalue weighted by atomic mass is 15.1. The zero-order valence-corrected chi connectivity index (χ0v) is 12.4. The van der Waals surface area contributed by atoms with E-state index in [0.29, 0.717) is 0 Å². The maximum Gasteiger partial charge on any atom is 0.0235 e. The fraction of sp³-hybridized carbons (Fsp3) is 0.333. The molecule has 0 unspecified atom stereocenters. The zero-order chi connectivity index (χ0) is 13.9. The highest BCUT2D eigenvalue weighted by Gasteiger charge is 2.16. The SMILES string of the molecule is CN(Cc1ccc(-c2ccccc2)cc1)C(C)(C)C. The summed E-state index contributed by atoms with van der Waals surface area (Å²) in [7, 11) is 2.17. The second kappa shape index (κ2) is 5.58. The third-order valence-corrected chi connectivity index (χ3v) is 3.63. The van der Waals surface area contributed by atoms with Crippen LogP contribution >= 0.6 is 0 Å². The Morgan fingerprint density at radius 3 is 1.84 bits per heavy atom. The maximum absolute atomic E-state index is 2.37. The van der Waals surface area contributed by atoms with Gasteiger partial charge >= 0.3 is 0 Å². The first-order chi connectivity index (χ1) is 8.97. The van der Waals surface area contributed by atoms with Gasteiger partial charge in [0.2, 0.25) is 0 Å². The van der Waals surface area contributed by atoms with Crippen LogP contribution in [0.1, 0.15) is 26.3 Å². The van der Waals surface area contributed by atoms with E-state index in [2.05, 4.69) is 87.3 Å². The smallest absolute Gasteiger partial charge is 0.0235 e. The molecule has 0 aliphatic heterocycles. The lowest BCUT2D eigenvalue weighted by atomic mass is 10.0. The van der Waals surface area contributed by atoms with Gasteiger partial charge in [0.05, 0.1) is 0 Å². The number of nitrogens with zero attached hydrogens (tertiary/aromatic N) is 1. The molecule has 0 aliphatic rings. The summed E-state index contributed by atoms with van der Waals surface area (Å²) >= 11 is 0. The minimum Gasteiger partial charge on any atom is -0.297 e. The monoisotopic (exact) mass is 253 g/mol. The summed E-state index contributed by atoms with van der Waals surface area (Å²) in [5.41, 5.74) is 4.12. The van der Waals surface area contributed by atoms with Gasteiger partial charge in [-0.1, -0.05) is 54.6 Å². The molecular formula is C18H23N. The van der Waals surface area contributed by atoms with Crippen LogP contribution in [-0.4, -0.2) is 17.5 Å². The van der Waals surface area contributed by atoms with E-state index in [9.17, 15) is 0 Å². The molecule has 0 atom stereocenters. The Labute approximate surface area is 116 Å². The molecule has 1 nitrogen and oxygen atoms in total. The second-order valence-corrected chi connectivity index (χ2v) is 6.09. The fourth-order valence-corrected chi connectivity index (χ4v) is 1.94. The van der Waals surface area contributed by atoms with Crippen LogP contribution in [-0.2, 0) is 6.54 Å². The van der Waals surface area contributed by atoms with Gasteiger partial charge in [0.25, 0.3) is 0 Å². The van der Waals surface area contributed by atoms with Gasteiger partial charge in [-0.15, -0.1) is 0 Å². The van der Waals surface area contributed by atoms with E-state index in [4.69, 9.17) is 0 Å². The van der Waals surface area contributed by atoms with Crippen LogP contribution in [0.15, 0.2) is 54.6 Å². The van der Waals surface area contributed by atoms with Gasteiger partial charge < -0.3 is 0 Å². The first-order valence-electron chi connectivity index (χ1n) is 6.82. The lowest BCUT2D eigenvalue weighted by molar-refractivity contribution is 0.167. The third kappa shape index (κ3) is 3.68. The van der Waals surface area contributed by atoms with Gasteiger partial charge in [0.15, 0.2) is 0 Å². The van der Waals surface area contributed by atoms with Gasteiger partial charge in [-0.2, -0.15) is 0 Å². The molecule has 0 bridgehead atoms. The Bertz CT molecular complexity index is 506. The van der Waals surface area contributed by atoms with Crippen molar-refractivity contribution in [3.8, 4) is 11.1 Å². The van der Waals surface area contributed by atoms with Gasteiger partial charge in [0.1, 0.15) is 0 Å². The molecule has 100 valence electrons. The van der Waals surface area contributed by atoms with Crippen LogP contribution in [0.25, 0.3) is 11.1 Å². The van der Waals surface area contributed by atoms with Gasteiger partial charge in [-0.25, -0.2) is 0 Å². The van der Waals surface area contributed by atoms with E-state index in [0.717, 1.165) is 6.54 Å². The molecule has 0 aliphatic carbocycles. The van der Waals surface area contributed by atoms with Crippen molar-refractivity contribution in [3.63, 3.8) is 0 Å². The Morgan fingerprint density at radius 2 is 1.32 bits per heavy atom. The van der Waals surface area contributed by atoms with Crippen molar-refractivity contribution in [3.05, 3.63) is 60.2 Å². The van der Waals surface area contributed by atoms with Crippen LogP contribution in [0.5, 0.6) is 0 Å². The Kier molecular flexibility index (Phi) is 4.06. The number of benzene rings is 2. The zero-order valence-electron chi connectivity index (χ0n) is 12.4. The fourth-order valence-electron chi connectivity index (χ4n) is 1.94. The van der Waals surface area contributed by atoms with Crippen molar-refractivity contribution in [2.75, 3.05) is 7.05 Å². The van der Waals surface area contributed by atoms with Crippen molar-refractivity contribution in [1.82, 2.24) is 4.90 Å². The Morgan fingerprint density at radius 1 is 0.789 bits per heavy atom. The summed E-state index contributed by atoms with van der Waals surface area (Å²) < 4.78 is 0. The lowest BCUT2D eigenvalue weighted by Crippen LogP contribution is -2.37. The van der Waals surface area contributed by atoms with E-state index < -0.39 is 0 Å². The molecule has 2 aromatic carbocycles. The first kappa shape index (κ1) is 13.8. The molecule has 0 aromatic heterocycles. The maximum atomic E-state index is 2.37. The van der Waals surface area contributed by atoms with Crippen LogP contribution in [0.3, 0.4) is 0 Å². The highest BCUT2D eigenvalue weighted by molar-refractivity contribution is 5.63. The molecule has 0 spiro atoms. The standard InChI is InChI=1S/C18H23N/c1-18(2,3)19(4)14-15-10-12-17(13-11-15)16-8-6-5-7-9-16/h5-13H,14H2,1-4H3. The van der Waals surface area contributed by atoms with Gasteiger partial charge in [-0.05, 0) is 44.5 Å². The Hall–Kier alpha value is -1.60. The predicted molar refractivity (Wildman–Crippen MR) is 83.1 cm³/mol. The molecule has 2 aromatic rings. The number of hydrogen-bond acceptors (Lipinski definition) is 1. The molecule has 0 saturated carbocycles. The van der Waals surface area contributed by atoms with E-state index >= 15 is 0 Å². The van der Waals surface area contributed by atoms with Crippen LogP contribution < -0.4 is 0 Å². The van der Waals surface area contributed by atoms with Crippen molar-refractivity contribution in [2.24, 2.45) is 0 Å². The first-order valence-corrected chi connectivity index (χ1v) is 6.82. The summed E-state index contributed by atoms with van der Waals surface area (Å²) in [5, 5.41) is 0. The second-order valence-electron chi connectivity index (χ2n) is 6.09. The third-order valence-electron chi connectivity index (χ3n) is 3.63. The summed E-state index contributed by atoms with van der Waals surface area (Å²) in [4.78, 5) is 2.37. The van der Waals surface area contributed by atoms with E-state index in [1.165, 1.54) is 16.7 Å². The average Bonchev–Trinajstić information content (AvgIpc) is 2.39. The molecule has 1 heteroatoms. The molecule has 0 amide bonds. The van der Waals surface area contributed by atoms with E-state index in [-0.39, 0.29) is 5.54 Å². The predicted octanol–water partition coefficient (Wildman–Crippen LogP) is 4.58. The quantitative estimate of drug-likeness (QED) is 0.773. The highest BCUT2D eigenvalue weighted by Crippen LogP contribution is 2.21. The summed E-state index contributed by atoms with van der Waals surface area (Å²) in [6, 6.07) is 19.4. The minimum atomic E-state index is 0.206. The molecule has 19 heavy (non-hydrogen) atoms. The Balaban J connectivity index is 2.11. The van der Waals surface area contributed by atoms with Gasteiger partial charge in [0, 0.05) is 12.1 Å². The van der Waals surface area contributed by atoms with Crippen LogP contribution in [0, 0.1) is 0 Å². The molecule has 0 saturated heterocycles. The molecular weight excluding hydrogens is 230 g/mol. The molecule has 0 radical (unpaired) electrons. The topological polar surface area (TPSA) is 3.24 Å². The number of rotatable bonds is 3. The normalized spacial score (nSPS) is 11.8. The summed E-state index contributed by atoms with van der Waals surface area (Å²) in [6.07, 6.45) is 0. The molecule has 0 fully saturated rings. The number of hydrogen-bond donors (Lipinski definition) is 0. The van der Waals surface area contributed by atoms with Crippen LogP contribution in [0.2, 0.25) is 0 Å². The molecule has 2 rings (SSSR count). The average molecular weight is 253 g/mol. The summed E-state index contributed by atoms with van der Waals surface area (Å²) in [5.74, 6) is 0. The molecule has 0 N–H and O–H groups in total. The summed E-state index contributed by atoms with van der Waals surface area (Å²) in [6.45, 7) is 7.71. The van der Waals surface area contributed by atoms with Crippen molar-refractivity contribution >= 4 is 0 Å². The minimum absolute atomic E-state index is 0.206. The van der Waals surface area contributed by atoms with Crippen LogP contribution in [0.4, 0.5) is 0 Å². The largest absolute Gasteiger partial charge is 0.297 e. The van der Waals surface area contributed by atoms with Gasteiger partial charge in [-0.3, -0.25) is 4.90 Å². The van der Waals surface area contributed by atoms with Crippen molar-refractivity contribution in [2.45, 2.75) is 32.9 Å². The van der Waals surface area contributed by atoms with Crippen molar-refractivity contribution < 1.29 is 0 Å². The van der Waals surface area contributed by atoms with Crippen molar-refractivity contribution in [1.29, 1.82) is 0 Å². The van der Waals surface area contributed by atoms with E-state index in [1.807, 2.05) is 0 Å². The molecule has 0 heterocycles. The lowest BCUT2D eigenvalue weighted by Gasteiger charge is -2.31. The van der Waals surface area contributed by atoms with E-state index in [1.54, 1.807) is 0 Å².